The van der Waals surface area contributed by atoms with E-state index in [0.717, 1.165) is 5.56 Å². The van der Waals surface area contributed by atoms with Gasteiger partial charge in [-0.15, -0.1) is 0 Å². The lowest BCUT2D eigenvalue weighted by Crippen LogP contribution is -2.05. The second-order valence-electron chi connectivity index (χ2n) is 4.11. The van der Waals surface area contributed by atoms with E-state index in [9.17, 15) is 13.6 Å². The zero-order valence-electron chi connectivity index (χ0n) is 10.3. The highest BCUT2D eigenvalue weighted by molar-refractivity contribution is 5.89. The van der Waals surface area contributed by atoms with Crippen LogP contribution < -0.4 is 0 Å². The van der Waals surface area contributed by atoms with Crippen LogP contribution >= 0.6 is 0 Å². The monoisotopic (exact) mass is 262 g/mol. The summed E-state index contributed by atoms with van der Waals surface area (Å²) in [5.41, 5.74) is 1.30. The van der Waals surface area contributed by atoms with Gasteiger partial charge in [-0.2, -0.15) is 0 Å². The molecule has 2 nitrogen and oxygen atoms in total. The SMILES string of the molecule is COC(=O)c1ccc(Cc2cccc(F)c2)cc1F. The number of hydrogen-bond donors (Lipinski definition) is 0. The van der Waals surface area contributed by atoms with Gasteiger partial charge in [0.2, 0.25) is 0 Å². The van der Waals surface area contributed by atoms with Gasteiger partial charge in [0, 0.05) is 0 Å². The summed E-state index contributed by atoms with van der Waals surface area (Å²) in [6.07, 6.45) is 0.399. The second-order valence-corrected chi connectivity index (χ2v) is 4.11. The topological polar surface area (TPSA) is 26.3 Å². The average molecular weight is 262 g/mol. The number of ether oxygens (including phenoxy) is 1. The van der Waals surface area contributed by atoms with Gasteiger partial charge in [-0.3, -0.25) is 0 Å². The molecule has 0 fully saturated rings. The summed E-state index contributed by atoms with van der Waals surface area (Å²) in [6, 6.07) is 10.4. The molecule has 4 heteroatoms. The van der Waals surface area contributed by atoms with E-state index in [1.165, 1.54) is 31.4 Å². The van der Waals surface area contributed by atoms with E-state index < -0.39 is 11.8 Å². The van der Waals surface area contributed by atoms with Crippen molar-refractivity contribution in [2.75, 3.05) is 7.11 Å². The summed E-state index contributed by atoms with van der Waals surface area (Å²) < 4.78 is 31.2. The summed E-state index contributed by atoms with van der Waals surface area (Å²) in [7, 11) is 1.20. The molecule has 2 rings (SSSR count). The number of halogens is 2. The fourth-order valence-corrected chi connectivity index (χ4v) is 1.83. The standard InChI is InChI=1S/C15H12F2O2/c1-19-15(18)13-6-5-11(9-14(13)17)7-10-3-2-4-12(16)8-10/h2-6,8-9H,7H2,1H3. The highest BCUT2D eigenvalue weighted by atomic mass is 19.1. The van der Waals surface area contributed by atoms with Gasteiger partial charge in [-0.05, 0) is 41.8 Å². The zero-order valence-corrected chi connectivity index (χ0v) is 10.3. The summed E-state index contributed by atoms with van der Waals surface area (Å²) in [4.78, 5) is 11.2. The van der Waals surface area contributed by atoms with E-state index in [0.29, 0.717) is 12.0 Å². The van der Waals surface area contributed by atoms with Gasteiger partial charge in [-0.25, -0.2) is 13.6 Å². The number of hydrogen-bond acceptors (Lipinski definition) is 2. The van der Waals surface area contributed by atoms with Gasteiger partial charge in [0.1, 0.15) is 11.6 Å². The van der Waals surface area contributed by atoms with E-state index in [1.807, 2.05) is 0 Å². The fourth-order valence-electron chi connectivity index (χ4n) is 1.83. The molecule has 0 amide bonds. The van der Waals surface area contributed by atoms with Crippen molar-refractivity contribution < 1.29 is 18.3 Å². The summed E-state index contributed by atoms with van der Waals surface area (Å²) in [5.74, 6) is -1.68. The minimum absolute atomic E-state index is 0.106. The molecule has 0 bridgehead atoms. The van der Waals surface area contributed by atoms with Crippen LogP contribution in [0.5, 0.6) is 0 Å². The Morgan fingerprint density at radius 3 is 2.47 bits per heavy atom. The maximum Gasteiger partial charge on any atom is 0.340 e. The van der Waals surface area contributed by atoms with Gasteiger partial charge in [0.25, 0.3) is 0 Å². The van der Waals surface area contributed by atoms with Crippen LogP contribution in [0, 0.1) is 11.6 Å². The van der Waals surface area contributed by atoms with Crippen LogP contribution in [0.3, 0.4) is 0 Å². The molecule has 0 radical (unpaired) electrons. The minimum atomic E-state index is -0.713. The lowest BCUT2D eigenvalue weighted by atomic mass is 10.0. The second kappa shape index (κ2) is 5.61. The molecule has 0 saturated carbocycles. The number of benzene rings is 2. The lowest BCUT2D eigenvalue weighted by molar-refractivity contribution is 0.0595. The molecule has 2 aromatic rings. The van der Waals surface area contributed by atoms with Crippen LogP contribution in [-0.4, -0.2) is 13.1 Å². The number of esters is 1. The van der Waals surface area contributed by atoms with Crippen molar-refractivity contribution in [3.05, 3.63) is 70.8 Å². The van der Waals surface area contributed by atoms with E-state index in [-0.39, 0.29) is 11.4 Å². The van der Waals surface area contributed by atoms with E-state index in [2.05, 4.69) is 4.74 Å². The quantitative estimate of drug-likeness (QED) is 0.793. The van der Waals surface area contributed by atoms with Gasteiger partial charge < -0.3 is 4.74 Å². The molecule has 98 valence electrons. The van der Waals surface area contributed by atoms with E-state index in [1.54, 1.807) is 18.2 Å². The predicted octanol–water partition coefficient (Wildman–Crippen LogP) is 3.34. The van der Waals surface area contributed by atoms with Gasteiger partial charge in [0.15, 0.2) is 0 Å². The largest absolute Gasteiger partial charge is 0.465 e. The Morgan fingerprint density at radius 1 is 1.11 bits per heavy atom. The smallest absolute Gasteiger partial charge is 0.340 e. The van der Waals surface area contributed by atoms with Gasteiger partial charge in [0.05, 0.1) is 12.7 Å². The molecule has 0 atom stereocenters. The molecule has 0 saturated heterocycles. The zero-order chi connectivity index (χ0) is 13.8. The van der Waals surface area contributed by atoms with Crippen molar-refractivity contribution in [1.82, 2.24) is 0 Å². The number of methoxy groups -OCH3 is 1. The Labute approximate surface area is 109 Å². The van der Waals surface area contributed by atoms with Crippen LogP contribution in [0.15, 0.2) is 42.5 Å². The van der Waals surface area contributed by atoms with Crippen LogP contribution in [0.2, 0.25) is 0 Å². The number of carbonyl (C=O) groups excluding carboxylic acids is 1. The van der Waals surface area contributed by atoms with Crippen molar-refractivity contribution in [3.63, 3.8) is 0 Å². The third kappa shape index (κ3) is 3.16. The number of carbonyl (C=O) groups is 1. The van der Waals surface area contributed by atoms with E-state index in [4.69, 9.17) is 0 Å². The Balaban J connectivity index is 2.23. The maximum atomic E-state index is 13.7. The first-order chi connectivity index (χ1) is 9.10. The molecule has 0 unspecified atom stereocenters. The Morgan fingerprint density at radius 2 is 1.84 bits per heavy atom. The highest BCUT2D eigenvalue weighted by Gasteiger charge is 2.12. The van der Waals surface area contributed by atoms with Gasteiger partial charge >= 0.3 is 5.97 Å². The lowest BCUT2D eigenvalue weighted by Gasteiger charge is -2.05. The summed E-state index contributed by atoms with van der Waals surface area (Å²) >= 11 is 0. The number of rotatable bonds is 3. The molecule has 19 heavy (non-hydrogen) atoms. The maximum absolute atomic E-state index is 13.7. The summed E-state index contributed by atoms with van der Waals surface area (Å²) in [6.45, 7) is 0. The molecule has 0 aromatic heterocycles. The molecule has 0 N–H and O–H groups in total. The first-order valence-electron chi connectivity index (χ1n) is 5.71. The molecular formula is C15H12F2O2. The van der Waals surface area contributed by atoms with Crippen molar-refractivity contribution in [1.29, 1.82) is 0 Å². The van der Waals surface area contributed by atoms with Crippen LogP contribution in [-0.2, 0) is 11.2 Å². The van der Waals surface area contributed by atoms with Crippen LogP contribution in [0.4, 0.5) is 8.78 Å². The predicted molar refractivity (Wildman–Crippen MR) is 66.9 cm³/mol. The van der Waals surface area contributed by atoms with Gasteiger partial charge in [-0.1, -0.05) is 18.2 Å². The van der Waals surface area contributed by atoms with Crippen LogP contribution in [0.25, 0.3) is 0 Å². The molecule has 2 aromatic carbocycles. The van der Waals surface area contributed by atoms with Crippen molar-refractivity contribution in [3.8, 4) is 0 Å². The fraction of sp³-hybridized carbons (Fsp3) is 0.133. The molecule has 0 aliphatic heterocycles. The summed E-state index contributed by atoms with van der Waals surface area (Å²) in [5, 5.41) is 0. The van der Waals surface area contributed by atoms with E-state index >= 15 is 0 Å². The van der Waals surface area contributed by atoms with Crippen molar-refractivity contribution in [2.45, 2.75) is 6.42 Å². The first kappa shape index (κ1) is 13.2. The third-order valence-electron chi connectivity index (χ3n) is 2.74. The Bertz CT molecular complexity index is 609. The molecule has 0 heterocycles. The van der Waals surface area contributed by atoms with Crippen molar-refractivity contribution in [2.24, 2.45) is 0 Å². The first-order valence-corrected chi connectivity index (χ1v) is 5.71. The average Bonchev–Trinajstić information content (AvgIpc) is 2.38. The Hall–Kier alpha value is -2.23. The molecule has 0 spiro atoms. The van der Waals surface area contributed by atoms with Crippen molar-refractivity contribution >= 4 is 5.97 Å². The minimum Gasteiger partial charge on any atom is -0.465 e. The Kier molecular flexibility index (Phi) is 3.90. The van der Waals surface area contributed by atoms with Crippen LogP contribution in [0.1, 0.15) is 21.5 Å². The molecular weight excluding hydrogens is 250 g/mol. The third-order valence-corrected chi connectivity index (χ3v) is 2.74. The normalized spacial score (nSPS) is 10.3. The molecule has 0 aliphatic carbocycles. The molecule has 0 aliphatic rings. The highest BCUT2D eigenvalue weighted by Crippen LogP contribution is 2.15.